The van der Waals surface area contributed by atoms with Crippen molar-refractivity contribution in [3.8, 4) is 0 Å². The third-order valence-corrected chi connectivity index (χ3v) is 3.49. The Labute approximate surface area is 108 Å². The molecule has 2 nitrogen and oxygen atoms in total. The van der Waals surface area contributed by atoms with Crippen molar-refractivity contribution in [2.45, 2.75) is 19.5 Å². The zero-order valence-corrected chi connectivity index (χ0v) is 11.4. The Morgan fingerprint density at radius 3 is 3.06 bits per heavy atom. The van der Waals surface area contributed by atoms with Crippen LogP contribution in [0.25, 0.3) is 0 Å². The summed E-state index contributed by atoms with van der Waals surface area (Å²) in [5.74, 6) is 0. The molecule has 0 aliphatic heterocycles. The minimum absolute atomic E-state index is 0.297. The van der Waals surface area contributed by atoms with E-state index in [1.165, 1.54) is 5.56 Å². The average molecular weight is 297 g/mol. The Bertz CT molecular complexity index is 442. The SMILES string of the molecule is CC(NCc1cccc(Br)c1)c1cscn1. The van der Waals surface area contributed by atoms with Gasteiger partial charge < -0.3 is 5.32 Å². The summed E-state index contributed by atoms with van der Waals surface area (Å²) in [5.41, 5.74) is 4.25. The highest BCUT2D eigenvalue weighted by molar-refractivity contribution is 9.10. The molecule has 0 bridgehead atoms. The molecular formula is C12H13BrN2S. The largest absolute Gasteiger partial charge is 0.305 e. The maximum atomic E-state index is 4.29. The highest BCUT2D eigenvalue weighted by Gasteiger charge is 2.06. The van der Waals surface area contributed by atoms with Crippen LogP contribution in [0.3, 0.4) is 0 Å². The van der Waals surface area contributed by atoms with Crippen molar-refractivity contribution >= 4 is 27.3 Å². The zero-order chi connectivity index (χ0) is 11.4. The van der Waals surface area contributed by atoms with Crippen LogP contribution in [0.4, 0.5) is 0 Å². The fourth-order valence-electron chi connectivity index (χ4n) is 1.46. The minimum Gasteiger partial charge on any atom is -0.305 e. The summed E-state index contributed by atoms with van der Waals surface area (Å²) in [4.78, 5) is 4.29. The highest BCUT2D eigenvalue weighted by Crippen LogP contribution is 2.15. The molecule has 1 atom stereocenters. The smallest absolute Gasteiger partial charge is 0.0795 e. The van der Waals surface area contributed by atoms with E-state index in [2.05, 4.69) is 56.7 Å². The Hall–Kier alpha value is -0.710. The highest BCUT2D eigenvalue weighted by atomic mass is 79.9. The molecular weight excluding hydrogens is 284 g/mol. The Kier molecular flexibility index (Phi) is 4.09. The quantitative estimate of drug-likeness (QED) is 0.929. The molecule has 2 rings (SSSR count). The molecule has 84 valence electrons. The molecule has 1 N–H and O–H groups in total. The molecule has 1 heterocycles. The first-order valence-corrected chi connectivity index (χ1v) is 6.85. The Balaban J connectivity index is 1.92. The van der Waals surface area contributed by atoms with Gasteiger partial charge in [-0.15, -0.1) is 11.3 Å². The molecule has 0 saturated heterocycles. The zero-order valence-electron chi connectivity index (χ0n) is 8.98. The molecule has 0 amide bonds. The third kappa shape index (κ3) is 3.14. The van der Waals surface area contributed by atoms with Crippen LogP contribution in [-0.4, -0.2) is 4.98 Å². The Morgan fingerprint density at radius 1 is 1.50 bits per heavy atom. The maximum Gasteiger partial charge on any atom is 0.0795 e. The van der Waals surface area contributed by atoms with E-state index in [9.17, 15) is 0 Å². The summed E-state index contributed by atoms with van der Waals surface area (Å²) in [7, 11) is 0. The van der Waals surface area contributed by atoms with Crippen LogP contribution < -0.4 is 5.32 Å². The first kappa shape index (κ1) is 11.8. The molecule has 0 radical (unpaired) electrons. The van der Waals surface area contributed by atoms with Crippen LogP contribution in [0.15, 0.2) is 39.6 Å². The van der Waals surface area contributed by atoms with Crippen LogP contribution in [0.2, 0.25) is 0 Å². The van der Waals surface area contributed by atoms with E-state index in [1.54, 1.807) is 11.3 Å². The molecule has 1 aromatic heterocycles. The summed E-state index contributed by atoms with van der Waals surface area (Å²) in [6.07, 6.45) is 0. The second kappa shape index (κ2) is 5.57. The van der Waals surface area contributed by atoms with Gasteiger partial charge in [-0.3, -0.25) is 0 Å². The normalized spacial score (nSPS) is 12.6. The summed E-state index contributed by atoms with van der Waals surface area (Å²) < 4.78 is 1.12. The lowest BCUT2D eigenvalue weighted by Gasteiger charge is -2.11. The fourth-order valence-corrected chi connectivity index (χ4v) is 2.55. The van der Waals surface area contributed by atoms with Crippen molar-refractivity contribution in [3.63, 3.8) is 0 Å². The number of rotatable bonds is 4. The van der Waals surface area contributed by atoms with Gasteiger partial charge in [-0.25, -0.2) is 4.98 Å². The van der Waals surface area contributed by atoms with Gasteiger partial charge in [0.05, 0.1) is 11.2 Å². The number of aromatic nitrogens is 1. The van der Waals surface area contributed by atoms with Gasteiger partial charge in [-0.2, -0.15) is 0 Å². The number of benzene rings is 1. The molecule has 0 saturated carbocycles. The van der Waals surface area contributed by atoms with Gasteiger partial charge in [-0.05, 0) is 24.6 Å². The molecule has 1 unspecified atom stereocenters. The molecule has 1 aromatic carbocycles. The van der Waals surface area contributed by atoms with Crippen molar-refractivity contribution < 1.29 is 0 Å². The van der Waals surface area contributed by atoms with Crippen molar-refractivity contribution in [2.75, 3.05) is 0 Å². The van der Waals surface area contributed by atoms with Gasteiger partial charge in [0, 0.05) is 22.4 Å². The van der Waals surface area contributed by atoms with Crippen LogP contribution >= 0.6 is 27.3 Å². The molecule has 0 fully saturated rings. The number of nitrogens with zero attached hydrogens (tertiary/aromatic N) is 1. The summed E-state index contributed by atoms with van der Waals surface area (Å²) in [5, 5.41) is 5.53. The van der Waals surface area contributed by atoms with E-state index in [-0.39, 0.29) is 0 Å². The summed E-state index contributed by atoms with van der Waals surface area (Å²) in [6.45, 7) is 2.99. The van der Waals surface area contributed by atoms with Gasteiger partial charge in [0.1, 0.15) is 0 Å². The third-order valence-electron chi connectivity index (χ3n) is 2.40. The lowest BCUT2D eigenvalue weighted by Crippen LogP contribution is -2.18. The number of hydrogen-bond donors (Lipinski definition) is 1. The minimum atomic E-state index is 0.297. The molecule has 0 aliphatic carbocycles. The van der Waals surface area contributed by atoms with E-state index in [1.807, 2.05) is 11.6 Å². The van der Waals surface area contributed by atoms with Crippen molar-refractivity contribution in [1.29, 1.82) is 0 Å². The van der Waals surface area contributed by atoms with Gasteiger partial charge >= 0.3 is 0 Å². The van der Waals surface area contributed by atoms with Gasteiger partial charge in [-0.1, -0.05) is 28.1 Å². The second-order valence-corrected chi connectivity index (χ2v) is 5.28. The van der Waals surface area contributed by atoms with Crippen molar-refractivity contribution in [1.82, 2.24) is 10.3 Å². The topological polar surface area (TPSA) is 24.9 Å². The number of thiazole rings is 1. The van der Waals surface area contributed by atoms with Gasteiger partial charge in [0.25, 0.3) is 0 Å². The van der Waals surface area contributed by atoms with Crippen molar-refractivity contribution in [2.24, 2.45) is 0 Å². The van der Waals surface area contributed by atoms with E-state index in [4.69, 9.17) is 0 Å². The van der Waals surface area contributed by atoms with Crippen LogP contribution in [0.1, 0.15) is 24.2 Å². The van der Waals surface area contributed by atoms with Crippen molar-refractivity contribution in [3.05, 3.63) is 50.9 Å². The fraction of sp³-hybridized carbons (Fsp3) is 0.250. The van der Waals surface area contributed by atoms with E-state index in [0.717, 1.165) is 16.7 Å². The van der Waals surface area contributed by atoms with Crippen LogP contribution in [0.5, 0.6) is 0 Å². The predicted molar refractivity (Wildman–Crippen MR) is 71.5 cm³/mol. The summed E-state index contributed by atoms with van der Waals surface area (Å²) >= 11 is 5.10. The van der Waals surface area contributed by atoms with E-state index >= 15 is 0 Å². The molecule has 16 heavy (non-hydrogen) atoms. The first-order chi connectivity index (χ1) is 7.75. The second-order valence-electron chi connectivity index (χ2n) is 3.65. The Morgan fingerprint density at radius 2 is 2.38 bits per heavy atom. The van der Waals surface area contributed by atoms with Gasteiger partial charge in [0.15, 0.2) is 0 Å². The van der Waals surface area contributed by atoms with Crippen LogP contribution in [-0.2, 0) is 6.54 Å². The van der Waals surface area contributed by atoms with Crippen LogP contribution in [0, 0.1) is 0 Å². The summed E-state index contributed by atoms with van der Waals surface area (Å²) in [6, 6.07) is 8.62. The van der Waals surface area contributed by atoms with E-state index < -0.39 is 0 Å². The lowest BCUT2D eigenvalue weighted by atomic mass is 10.2. The number of nitrogens with one attached hydrogen (secondary N) is 1. The number of halogens is 1. The maximum absolute atomic E-state index is 4.29. The average Bonchev–Trinajstić information content (AvgIpc) is 2.79. The first-order valence-electron chi connectivity index (χ1n) is 5.11. The number of hydrogen-bond acceptors (Lipinski definition) is 3. The lowest BCUT2D eigenvalue weighted by molar-refractivity contribution is 0.564. The predicted octanol–water partition coefficient (Wildman–Crippen LogP) is 3.76. The van der Waals surface area contributed by atoms with E-state index in [0.29, 0.717) is 6.04 Å². The monoisotopic (exact) mass is 296 g/mol. The molecule has 0 aliphatic rings. The standard InChI is InChI=1S/C12H13BrN2S/c1-9(12-7-16-8-15-12)14-6-10-3-2-4-11(13)5-10/h2-5,7-9,14H,6H2,1H3. The molecule has 0 spiro atoms. The molecule has 4 heteroatoms. The molecule has 2 aromatic rings. The van der Waals surface area contributed by atoms with Gasteiger partial charge in [0.2, 0.25) is 0 Å².